The summed E-state index contributed by atoms with van der Waals surface area (Å²) in [6.07, 6.45) is -0.595. The Bertz CT molecular complexity index is 972. The monoisotopic (exact) mass is 444 g/mol. The summed E-state index contributed by atoms with van der Waals surface area (Å²) in [5, 5.41) is 16.4. The van der Waals surface area contributed by atoms with E-state index in [1.807, 2.05) is 38.1 Å². The first kappa shape index (κ1) is 22.9. The van der Waals surface area contributed by atoms with Gasteiger partial charge in [-0.1, -0.05) is 24.3 Å². The lowest BCUT2D eigenvalue weighted by Crippen LogP contribution is -2.52. The van der Waals surface area contributed by atoms with Crippen LogP contribution in [0, 0.1) is 13.8 Å². The summed E-state index contributed by atoms with van der Waals surface area (Å²) in [5.41, 5.74) is 3.02. The average molecular weight is 445 g/mol. The number of nitrogens with zero attached hydrogens (tertiary/aromatic N) is 2. The van der Waals surface area contributed by atoms with E-state index in [2.05, 4.69) is 15.6 Å². The molecule has 3 amide bonds. The highest BCUT2D eigenvalue weighted by atomic mass is 32.1. The molecule has 1 aliphatic rings. The maximum absolute atomic E-state index is 12.7. The lowest BCUT2D eigenvalue weighted by molar-refractivity contribution is -0.141. The molecule has 0 aliphatic carbocycles. The van der Waals surface area contributed by atoms with Crippen molar-refractivity contribution in [1.29, 1.82) is 0 Å². The summed E-state index contributed by atoms with van der Waals surface area (Å²) >= 11 is 1.65. The lowest BCUT2D eigenvalue weighted by Gasteiger charge is -2.26. The molecule has 1 aromatic heterocycles. The van der Waals surface area contributed by atoms with Crippen LogP contribution < -0.4 is 10.6 Å². The van der Waals surface area contributed by atoms with Gasteiger partial charge in [-0.3, -0.25) is 14.4 Å². The molecule has 1 aromatic carbocycles. The third kappa shape index (κ3) is 5.48. The number of aliphatic hydroxyl groups is 1. The van der Waals surface area contributed by atoms with Crippen LogP contribution in [0.4, 0.5) is 0 Å². The van der Waals surface area contributed by atoms with Crippen LogP contribution in [0.25, 0.3) is 10.4 Å². The second-order valence-corrected chi connectivity index (χ2v) is 9.08. The van der Waals surface area contributed by atoms with Gasteiger partial charge in [-0.15, -0.1) is 11.3 Å². The van der Waals surface area contributed by atoms with Gasteiger partial charge in [-0.05, 0) is 31.9 Å². The molecule has 9 heteroatoms. The molecule has 3 rings (SSSR count). The molecule has 8 nitrogen and oxygen atoms in total. The third-order valence-corrected chi connectivity index (χ3v) is 6.36. The van der Waals surface area contributed by atoms with Crippen LogP contribution in [0.2, 0.25) is 0 Å². The standard InChI is InChI=1S/C22H28N4O4S/c1-12-20(31-15(4)25-12)17-7-5-16(6-8-17)10-23-21(29)19-9-18(28)11-26(19)22(30)13(2)24-14(3)27/h5-8,13,18-19,28H,9-11H2,1-4H3,(H,23,29)(H,24,27)/t13-,18?,19?/m1/s1. The minimum Gasteiger partial charge on any atom is -0.391 e. The first-order chi connectivity index (χ1) is 14.7. The van der Waals surface area contributed by atoms with Crippen molar-refractivity contribution in [2.24, 2.45) is 0 Å². The van der Waals surface area contributed by atoms with E-state index in [1.54, 1.807) is 18.3 Å². The Kier molecular flexibility index (Phi) is 7.07. The van der Waals surface area contributed by atoms with E-state index in [1.165, 1.54) is 11.8 Å². The predicted molar refractivity (Wildman–Crippen MR) is 118 cm³/mol. The molecule has 31 heavy (non-hydrogen) atoms. The van der Waals surface area contributed by atoms with Crippen LogP contribution in [0.15, 0.2) is 24.3 Å². The van der Waals surface area contributed by atoms with Crippen LogP contribution in [0.5, 0.6) is 0 Å². The highest BCUT2D eigenvalue weighted by Crippen LogP contribution is 2.29. The molecule has 3 N–H and O–H groups in total. The predicted octanol–water partition coefficient (Wildman–Crippen LogP) is 1.53. The number of hydrogen-bond acceptors (Lipinski definition) is 6. The number of aliphatic hydroxyl groups excluding tert-OH is 1. The van der Waals surface area contributed by atoms with Gasteiger partial charge in [0.1, 0.15) is 12.1 Å². The van der Waals surface area contributed by atoms with Gasteiger partial charge in [0, 0.05) is 26.4 Å². The SMILES string of the molecule is CC(=O)N[C@H](C)C(=O)N1CC(O)CC1C(=O)NCc1ccc(-c2sc(C)nc2C)cc1. The molecule has 1 fully saturated rings. The number of benzene rings is 1. The van der Waals surface area contributed by atoms with Crippen LogP contribution in [-0.2, 0) is 20.9 Å². The number of thiazole rings is 1. The van der Waals surface area contributed by atoms with Crippen molar-refractivity contribution in [3.8, 4) is 10.4 Å². The van der Waals surface area contributed by atoms with Crippen molar-refractivity contribution in [3.05, 3.63) is 40.5 Å². The van der Waals surface area contributed by atoms with Crippen LogP contribution in [-0.4, -0.2) is 57.4 Å². The van der Waals surface area contributed by atoms with Crippen molar-refractivity contribution in [2.75, 3.05) is 6.54 Å². The number of carbonyl (C=O) groups is 3. The Morgan fingerprint density at radius 2 is 1.94 bits per heavy atom. The van der Waals surface area contributed by atoms with Crippen molar-refractivity contribution in [2.45, 2.75) is 58.8 Å². The maximum atomic E-state index is 12.7. The third-order valence-electron chi connectivity index (χ3n) is 5.24. The molecule has 0 saturated carbocycles. The molecule has 166 valence electrons. The minimum absolute atomic E-state index is 0.0726. The summed E-state index contributed by atoms with van der Waals surface area (Å²) in [6.45, 7) is 7.25. The second-order valence-electron chi connectivity index (χ2n) is 7.88. The number of hydrogen-bond donors (Lipinski definition) is 3. The van der Waals surface area contributed by atoms with Crippen molar-refractivity contribution in [1.82, 2.24) is 20.5 Å². The maximum Gasteiger partial charge on any atom is 0.245 e. The van der Waals surface area contributed by atoms with Gasteiger partial charge >= 0.3 is 0 Å². The minimum atomic E-state index is -0.769. The second kappa shape index (κ2) is 9.57. The molecular weight excluding hydrogens is 416 g/mol. The van der Waals surface area contributed by atoms with E-state index in [0.717, 1.165) is 26.7 Å². The van der Waals surface area contributed by atoms with Crippen molar-refractivity contribution < 1.29 is 19.5 Å². The normalized spacial score (nSPS) is 19.2. The number of likely N-dealkylation sites (tertiary alicyclic amines) is 1. The largest absolute Gasteiger partial charge is 0.391 e. The lowest BCUT2D eigenvalue weighted by atomic mass is 10.1. The van der Waals surface area contributed by atoms with Crippen molar-refractivity contribution in [3.63, 3.8) is 0 Å². The Labute approximate surface area is 185 Å². The van der Waals surface area contributed by atoms with E-state index >= 15 is 0 Å². The van der Waals surface area contributed by atoms with Gasteiger partial charge in [-0.25, -0.2) is 4.98 Å². The Hall–Kier alpha value is -2.78. The zero-order chi connectivity index (χ0) is 22.7. The van der Waals surface area contributed by atoms with Crippen LogP contribution in [0.1, 0.15) is 36.5 Å². The molecule has 1 saturated heterocycles. The Morgan fingerprint density at radius 3 is 2.52 bits per heavy atom. The Balaban J connectivity index is 1.62. The van der Waals surface area contributed by atoms with Crippen molar-refractivity contribution >= 4 is 29.1 Å². The average Bonchev–Trinajstić information content (AvgIpc) is 3.27. The molecular formula is C22H28N4O4S. The molecule has 2 unspecified atom stereocenters. The fraction of sp³-hybridized carbons (Fsp3) is 0.455. The van der Waals surface area contributed by atoms with Crippen LogP contribution >= 0.6 is 11.3 Å². The summed E-state index contributed by atoms with van der Waals surface area (Å²) < 4.78 is 0. The van der Waals surface area contributed by atoms with Crippen LogP contribution in [0.3, 0.4) is 0 Å². The zero-order valence-electron chi connectivity index (χ0n) is 18.1. The molecule has 3 atom stereocenters. The van der Waals surface area contributed by atoms with Gasteiger partial charge in [-0.2, -0.15) is 0 Å². The first-order valence-electron chi connectivity index (χ1n) is 10.2. The smallest absolute Gasteiger partial charge is 0.245 e. The first-order valence-corrected chi connectivity index (χ1v) is 11.0. The number of rotatable bonds is 6. The topological polar surface area (TPSA) is 112 Å². The fourth-order valence-corrected chi connectivity index (χ4v) is 4.73. The molecule has 2 heterocycles. The van der Waals surface area contributed by atoms with E-state index in [0.29, 0.717) is 6.54 Å². The summed E-state index contributed by atoms with van der Waals surface area (Å²) in [5.74, 6) is -1.03. The highest BCUT2D eigenvalue weighted by molar-refractivity contribution is 7.15. The van der Waals surface area contributed by atoms with Gasteiger partial charge < -0.3 is 20.6 Å². The van der Waals surface area contributed by atoms with E-state index in [4.69, 9.17) is 0 Å². The number of β-amino-alcohol motifs (C(OH)–C–C–N with tert-alkyl or cyclic N) is 1. The highest BCUT2D eigenvalue weighted by Gasteiger charge is 2.40. The van der Waals surface area contributed by atoms with Gasteiger partial charge in [0.25, 0.3) is 0 Å². The summed E-state index contributed by atoms with van der Waals surface area (Å²) in [6, 6.07) is 6.40. The fourth-order valence-electron chi connectivity index (χ4n) is 3.80. The zero-order valence-corrected chi connectivity index (χ0v) is 19.0. The van der Waals surface area contributed by atoms with E-state index in [-0.39, 0.29) is 30.7 Å². The molecule has 0 radical (unpaired) electrons. The molecule has 1 aliphatic heterocycles. The molecule has 2 aromatic rings. The number of carbonyl (C=O) groups excluding carboxylic acids is 3. The number of amides is 3. The van der Waals surface area contributed by atoms with Gasteiger partial charge in [0.15, 0.2) is 0 Å². The number of aromatic nitrogens is 1. The number of aryl methyl sites for hydroxylation is 2. The van der Waals surface area contributed by atoms with E-state index in [9.17, 15) is 19.5 Å². The summed E-state index contributed by atoms with van der Waals surface area (Å²) in [4.78, 5) is 43.6. The summed E-state index contributed by atoms with van der Waals surface area (Å²) in [7, 11) is 0. The molecule has 0 spiro atoms. The van der Waals surface area contributed by atoms with Gasteiger partial charge in [0.05, 0.1) is 21.7 Å². The number of nitrogens with one attached hydrogen (secondary N) is 2. The Morgan fingerprint density at radius 1 is 1.26 bits per heavy atom. The quantitative estimate of drug-likeness (QED) is 0.626. The van der Waals surface area contributed by atoms with E-state index < -0.39 is 18.2 Å². The van der Waals surface area contributed by atoms with Gasteiger partial charge in [0.2, 0.25) is 17.7 Å². The molecule has 0 bridgehead atoms.